The molecule has 4 aromatic rings. The molecule has 2 N–H and O–H groups in total. The average Bonchev–Trinajstić information content (AvgIpc) is 3.38. The van der Waals surface area contributed by atoms with Crippen molar-refractivity contribution < 1.29 is 4.79 Å². The molecule has 0 aromatic carbocycles. The second kappa shape index (κ2) is 6.38. The molecule has 0 saturated carbocycles. The van der Waals surface area contributed by atoms with E-state index >= 15 is 0 Å². The van der Waals surface area contributed by atoms with Gasteiger partial charge < -0.3 is 9.88 Å². The molecule has 4 aromatic heterocycles. The van der Waals surface area contributed by atoms with Gasteiger partial charge in [0.05, 0.1) is 28.3 Å². The fourth-order valence-corrected chi connectivity index (χ4v) is 5.15. The van der Waals surface area contributed by atoms with Gasteiger partial charge in [-0.2, -0.15) is 0 Å². The smallest absolute Gasteiger partial charge is 0.272 e. The molecule has 29 heavy (non-hydrogen) atoms. The van der Waals surface area contributed by atoms with E-state index in [9.17, 15) is 14.4 Å². The van der Waals surface area contributed by atoms with E-state index in [1.807, 2.05) is 6.07 Å². The molecule has 1 aliphatic rings. The normalized spacial score (nSPS) is 16.9. The maximum absolute atomic E-state index is 13.4. The number of aromatic nitrogens is 5. The Hall–Kier alpha value is -3.27. The Bertz CT molecular complexity index is 1390. The van der Waals surface area contributed by atoms with Crippen LogP contribution in [0.15, 0.2) is 28.0 Å². The molecule has 1 unspecified atom stereocenters. The van der Waals surface area contributed by atoms with E-state index in [0.717, 1.165) is 18.5 Å². The molecule has 1 amide bonds. The number of nitrogens with one attached hydrogen (secondary N) is 2. The van der Waals surface area contributed by atoms with Gasteiger partial charge in [-0.1, -0.05) is 0 Å². The summed E-state index contributed by atoms with van der Waals surface area (Å²) in [6.07, 6.45) is 3.00. The minimum atomic E-state index is -0.239. The minimum absolute atomic E-state index is 0.123. The summed E-state index contributed by atoms with van der Waals surface area (Å²) < 4.78 is 1.40. The van der Waals surface area contributed by atoms with Crippen molar-refractivity contribution >= 4 is 33.1 Å². The van der Waals surface area contributed by atoms with Crippen molar-refractivity contribution in [2.45, 2.75) is 32.7 Å². The summed E-state index contributed by atoms with van der Waals surface area (Å²) in [5.74, 6) is -0.123. The van der Waals surface area contributed by atoms with Crippen LogP contribution in [0.5, 0.6) is 0 Å². The number of nitrogens with zero attached hydrogens (tertiary/aromatic N) is 4. The van der Waals surface area contributed by atoms with Gasteiger partial charge in [0.1, 0.15) is 4.83 Å². The van der Waals surface area contributed by atoms with E-state index < -0.39 is 0 Å². The lowest BCUT2D eigenvalue weighted by atomic mass is 10.1. The summed E-state index contributed by atoms with van der Waals surface area (Å²) >= 11 is 1.24. The first-order valence-corrected chi connectivity index (χ1v) is 10.1. The highest BCUT2D eigenvalue weighted by molar-refractivity contribution is 7.20. The zero-order chi connectivity index (χ0) is 20.3. The van der Waals surface area contributed by atoms with E-state index in [1.165, 1.54) is 28.2 Å². The van der Waals surface area contributed by atoms with Crippen molar-refractivity contribution in [3.63, 3.8) is 0 Å². The number of hydrogen-bond donors (Lipinski definition) is 2. The van der Waals surface area contributed by atoms with Crippen LogP contribution in [0.25, 0.3) is 15.9 Å². The highest BCUT2D eigenvalue weighted by atomic mass is 32.1. The standard InChI is InChI=1S/C19H18N6O3S/c1-9-6-14(26)25-13(22-9)7-11(23-25)12-4-3-5-24(12)19(28)16-10(2)15-17(27)20-8-21-18(15)29-16/h6-8,12,23H,3-5H2,1-2H3,(H,20,21,27). The van der Waals surface area contributed by atoms with Crippen LogP contribution in [0.1, 0.15) is 45.5 Å². The van der Waals surface area contributed by atoms with Crippen LogP contribution in [0, 0.1) is 13.8 Å². The molecule has 148 valence electrons. The van der Waals surface area contributed by atoms with Crippen molar-refractivity contribution in [3.05, 3.63) is 61.0 Å². The summed E-state index contributed by atoms with van der Waals surface area (Å²) in [4.78, 5) is 51.8. The first-order valence-electron chi connectivity index (χ1n) is 9.31. The number of likely N-dealkylation sites (tertiary alicyclic amines) is 1. The number of H-pyrrole nitrogens is 2. The van der Waals surface area contributed by atoms with Crippen LogP contribution in [-0.2, 0) is 0 Å². The quantitative estimate of drug-likeness (QED) is 0.524. The predicted molar refractivity (Wildman–Crippen MR) is 109 cm³/mol. The Morgan fingerprint density at radius 3 is 2.90 bits per heavy atom. The zero-order valence-electron chi connectivity index (χ0n) is 15.9. The molecule has 9 nitrogen and oxygen atoms in total. The lowest BCUT2D eigenvalue weighted by Gasteiger charge is -2.23. The molecule has 1 fully saturated rings. The highest BCUT2D eigenvalue weighted by Crippen LogP contribution is 2.35. The van der Waals surface area contributed by atoms with Crippen molar-refractivity contribution in [3.8, 4) is 0 Å². The number of rotatable bonds is 2. The molecule has 0 aliphatic carbocycles. The van der Waals surface area contributed by atoms with Crippen LogP contribution >= 0.6 is 11.3 Å². The van der Waals surface area contributed by atoms with E-state index in [4.69, 9.17) is 0 Å². The van der Waals surface area contributed by atoms with Gasteiger partial charge in [-0.25, -0.2) is 14.5 Å². The second-order valence-electron chi connectivity index (χ2n) is 7.27. The number of amides is 1. The van der Waals surface area contributed by atoms with Gasteiger partial charge in [0, 0.05) is 24.4 Å². The van der Waals surface area contributed by atoms with Gasteiger partial charge >= 0.3 is 0 Å². The van der Waals surface area contributed by atoms with E-state index in [1.54, 1.807) is 18.7 Å². The Kier molecular flexibility index (Phi) is 3.91. The van der Waals surface area contributed by atoms with Gasteiger partial charge in [-0.3, -0.25) is 19.5 Å². The molecule has 0 radical (unpaired) electrons. The van der Waals surface area contributed by atoms with Crippen molar-refractivity contribution in [2.24, 2.45) is 0 Å². The maximum atomic E-state index is 13.4. The summed E-state index contributed by atoms with van der Waals surface area (Å²) in [6.45, 7) is 4.17. The van der Waals surface area contributed by atoms with Gasteiger partial charge in [-0.15, -0.1) is 11.3 Å². The van der Waals surface area contributed by atoms with Crippen molar-refractivity contribution in [2.75, 3.05) is 6.54 Å². The largest absolute Gasteiger partial charge is 0.329 e. The molecule has 1 aliphatic heterocycles. The summed E-state index contributed by atoms with van der Waals surface area (Å²) in [5.41, 5.74) is 2.20. The molecule has 10 heteroatoms. The third-order valence-corrected chi connectivity index (χ3v) is 6.59. The highest BCUT2D eigenvalue weighted by Gasteiger charge is 2.34. The van der Waals surface area contributed by atoms with E-state index in [2.05, 4.69) is 20.1 Å². The lowest BCUT2D eigenvalue weighted by Crippen LogP contribution is -2.30. The number of hydrogen-bond acceptors (Lipinski definition) is 6. The molecule has 0 bridgehead atoms. The summed E-state index contributed by atoms with van der Waals surface area (Å²) in [5, 5.41) is 3.57. The number of carbonyl (C=O) groups excluding carboxylic acids is 1. The molecular formula is C19H18N6O3S. The van der Waals surface area contributed by atoms with E-state index in [0.29, 0.717) is 38.5 Å². The van der Waals surface area contributed by atoms with E-state index in [-0.39, 0.29) is 23.1 Å². The number of fused-ring (bicyclic) bond motifs is 2. The molecular weight excluding hydrogens is 392 g/mol. The van der Waals surface area contributed by atoms with Crippen LogP contribution < -0.4 is 11.1 Å². The third-order valence-electron chi connectivity index (χ3n) is 5.40. The van der Waals surface area contributed by atoms with Crippen LogP contribution in [0.4, 0.5) is 0 Å². The van der Waals surface area contributed by atoms with Crippen LogP contribution in [-0.4, -0.2) is 41.9 Å². The zero-order valence-corrected chi connectivity index (χ0v) is 16.7. The average molecular weight is 410 g/mol. The fraction of sp³-hybridized carbons (Fsp3) is 0.316. The van der Waals surface area contributed by atoms with Gasteiger partial charge in [-0.05, 0) is 32.3 Å². The molecule has 0 spiro atoms. The van der Waals surface area contributed by atoms with Gasteiger partial charge in [0.25, 0.3) is 17.0 Å². The topological polar surface area (TPSA) is 116 Å². The van der Waals surface area contributed by atoms with Crippen molar-refractivity contribution in [1.29, 1.82) is 0 Å². The fourth-order valence-electron chi connectivity index (χ4n) is 4.05. The molecule has 1 saturated heterocycles. The predicted octanol–water partition coefficient (Wildman–Crippen LogP) is 1.91. The third kappa shape index (κ3) is 2.70. The molecule has 5 rings (SSSR count). The number of aryl methyl sites for hydroxylation is 2. The molecule has 1 atom stereocenters. The summed E-state index contributed by atoms with van der Waals surface area (Å²) in [7, 11) is 0. The Morgan fingerprint density at radius 2 is 2.10 bits per heavy atom. The first-order chi connectivity index (χ1) is 13.9. The monoisotopic (exact) mass is 410 g/mol. The Balaban J connectivity index is 1.56. The van der Waals surface area contributed by atoms with Crippen LogP contribution in [0.2, 0.25) is 0 Å². The van der Waals surface area contributed by atoms with Gasteiger partial charge in [0.15, 0.2) is 5.65 Å². The number of carbonyl (C=O) groups is 1. The first kappa shape index (κ1) is 17.8. The maximum Gasteiger partial charge on any atom is 0.272 e. The van der Waals surface area contributed by atoms with Gasteiger partial charge in [0.2, 0.25) is 0 Å². The number of aromatic amines is 2. The van der Waals surface area contributed by atoms with Crippen LogP contribution in [0.3, 0.4) is 0 Å². The second-order valence-corrected chi connectivity index (χ2v) is 8.26. The minimum Gasteiger partial charge on any atom is -0.329 e. The SMILES string of the molecule is Cc1cc(=O)n2[nH]c(C3CCCN3C(=O)c3sc4nc[nH]c(=O)c4c3C)cc2n1. The Morgan fingerprint density at radius 1 is 1.28 bits per heavy atom. The van der Waals surface area contributed by atoms with Crippen molar-refractivity contribution in [1.82, 2.24) is 29.5 Å². The Labute approximate surface area is 168 Å². The lowest BCUT2D eigenvalue weighted by molar-refractivity contribution is 0.0737. The summed E-state index contributed by atoms with van der Waals surface area (Å²) in [6, 6.07) is 3.12. The number of thiophene rings is 1. The molecule has 5 heterocycles.